The molecule has 1 amide bonds. The van der Waals surface area contributed by atoms with Gasteiger partial charge in [0.2, 0.25) is 5.91 Å². The molecule has 1 fully saturated rings. The fourth-order valence-electron chi connectivity index (χ4n) is 2.28. The van der Waals surface area contributed by atoms with Gasteiger partial charge >= 0.3 is 0 Å². The van der Waals surface area contributed by atoms with Crippen LogP contribution in [-0.4, -0.2) is 29.4 Å². The van der Waals surface area contributed by atoms with Gasteiger partial charge in [0.15, 0.2) is 0 Å². The van der Waals surface area contributed by atoms with Crippen LogP contribution in [0.15, 0.2) is 0 Å². The zero-order valence-corrected chi connectivity index (χ0v) is 11.0. The first-order valence-electron chi connectivity index (χ1n) is 6.45. The molecule has 3 heteroatoms. The summed E-state index contributed by atoms with van der Waals surface area (Å²) in [7, 11) is 1.95. The third kappa shape index (κ3) is 4.52. The van der Waals surface area contributed by atoms with Gasteiger partial charge in [-0.3, -0.25) is 4.79 Å². The van der Waals surface area contributed by atoms with Crippen LogP contribution >= 0.6 is 0 Å². The maximum Gasteiger partial charge on any atom is 0.222 e. The van der Waals surface area contributed by atoms with Crippen molar-refractivity contribution >= 4 is 5.91 Å². The van der Waals surface area contributed by atoms with Gasteiger partial charge in [0.25, 0.3) is 0 Å². The molecule has 0 radical (unpaired) electrons. The van der Waals surface area contributed by atoms with E-state index in [2.05, 4.69) is 0 Å². The first-order chi connectivity index (χ1) is 7.40. The number of carbonyl (C=O) groups is 1. The summed E-state index contributed by atoms with van der Waals surface area (Å²) >= 11 is 0. The Hall–Kier alpha value is -0.570. The second kappa shape index (κ2) is 5.67. The number of amides is 1. The molecule has 2 N–H and O–H groups in total. The normalized spacial score (nSPS) is 18.5. The van der Waals surface area contributed by atoms with Crippen molar-refractivity contribution in [1.82, 2.24) is 4.90 Å². The molecule has 0 aromatic rings. The van der Waals surface area contributed by atoms with Crippen LogP contribution in [0.4, 0.5) is 0 Å². The van der Waals surface area contributed by atoms with E-state index in [0.717, 1.165) is 6.42 Å². The van der Waals surface area contributed by atoms with Gasteiger partial charge in [-0.15, -0.1) is 0 Å². The first-order valence-corrected chi connectivity index (χ1v) is 6.45. The van der Waals surface area contributed by atoms with Gasteiger partial charge in [-0.2, -0.15) is 0 Å². The van der Waals surface area contributed by atoms with Crippen molar-refractivity contribution in [3.8, 4) is 0 Å². The molecule has 3 nitrogen and oxygen atoms in total. The molecule has 1 aliphatic rings. The van der Waals surface area contributed by atoms with E-state index < -0.39 is 0 Å². The van der Waals surface area contributed by atoms with E-state index in [1.165, 1.54) is 32.1 Å². The van der Waals surface area contributed by atoms with Crippen molar-refractivity contribution in [2.24, 2.45) is 5.73 Å². The summed E-state index contributed by atoms with van der Waals surface area (Å²) < 4.78 is 0. The van der Waals surface area contributed by atoms with Crippen LogP contribution in [0.2, 0.25) is 0 Å². The van der Waals surface area contributed by atoms with Gasteiger partial charge in [0.1, 0.15) is 0 Å². The van der Waals surface area contributed by atoms with E-state index in [1.54, 1.807) is 0 Å². The fourth-order valence-corrected chi connectivity index (χ4v) is 2.28. The maximum absolute atomic E-state index is 12.0. The molecule has 16 heavy (non-hydrogen) atoms. The van der Waals surface area contributed by atoms with Crippen molar-refractivity contribution in [2.45, 2.75) is 70.4 Å². The Balaban J connectivity index is 2.34. The zero-order valence-electron chi connectivity index (χ0n) is 11.0. The summed E-state index contributed by atoms with van der Waals surface area (Å²) in [5.74, 6) is 0.255. The number of nitrogens with two attached hydrogens (primary N) is 1. The van der Waals surface area contributed by atoms with E-state index in [4.69, 9.17) is 5.73 Å². The van der Waals surface area contributed by atoms with E-state index in [1.807, 2.05) is 25.8 Å². The molecule has 0 heterocycles. The number of nitrogens with zero attached hydrogens (tertiary/aromatic N) is 1. The SMILES string of the molecule is CN(C(=O)CCC(C)(C)N)C1CCCCC1. The highest BCUT2D eigenvalue weighted by molar-refractivity contribution is 5.76. The molecule has 0 aromatic heterocycles. The average molecular weight is 226 g/mol. The Labute approximate surface area is 99.4 Å². The molecule has 0 aliphatic heterocycles. The highest BCUT2D eigenvalue weighted by Gasteiger charge is 2.23. The summed E-state index contributed by atoms with van der Waals surface area (Å²) in [5.41, 5.74) is 5.66. The Morgan fingerprint density at radius 3 is 2.38 bits per heavy atom. The molecular formula is C13H26N2O. The van der Waals surface area contributed by atoms with Crippen molar-refractivity contribution < 1.29 is 4.79 Å². The summed E-state index contributed by atoms with van der Waals surface area (Å²) in [6.07, 6.45) is 7.56. The quantitative estimate of drug-likeness (QED) is 0.799. The van der Waals surface area contributed by atoms with Gasteiger partial charge in [-0.05, 0) is 33.1 Å². The Morgan fingerprint density at radius 2 is 1.88 bits per heavy atom. The van der Waals surface area contributed by atoms with Crippen LogP contribution in [0.5, 0.6) is 0 Å². The van der Waals surface area contributed by atoms with E-state index >= 15 is 0 Å². The molecule has 1 rings (SSSR count). The molecule has 0 unspecified atom stereocenters. The average Bonchev–Trinajstić information content (AvgIpc) is 2.25. The smallest absolute Gasteiger partial charge is 0.222 e. The molecule has 0 saturated heterocycles. The van der Waals surface area contributed by atoms with Gasteiger partial charge < -0.3 is 10.6 Å². The Bertz CT molecular complexity index is 227. The lowest BCUT2D eigenvalue weighted by molar-refractivity contribution is -0.132. The predicted octanol–water partition coefficient (Wildman–Crippen LogP) is 2.29. The van der Waals surface area contributed by atoms with Crippen molar-refractivity contribution in [3.05, 3.63) is 0 Å². The predicted molar refractivity (Wildman–Crippen MR) is 67.1 cm³/mol. The topological polar surface area (TPSA) is 46.3 Å². The van der Waals surface area contributed by atoms with Gasteiger partial charge in [-0.25, -0.2) is 0 Å². The highest BCUT2D eigenvalue weighted by atomic mass is 16.2. The molecular weight excluding hydrogens is 200 g/mol. The minimum Gasteiger partial charge on any atom is -0.343 e. The first kappa shape index (κ1) is 13.5. The van der Waals surface area contributed by atoms with Crippen molar-refractivity contribution in [2.75, 3.05) is 7.05 Å². The molecule has 0 bridgehead atoms. The van der Waals surface area contributed by atoms with E-state index in [-0.39, 0.29) is 11.4 Å². The summed E-state index contributed by atoms with van der Waals surface area (Å²) in [6.45, 7) is 3.95. The minimum atomic E-state index is -0.233. The lowest BCUT2D eigenvalue weighted by Crippen LogP contribution is -2.40. The van der Waals surface area contributed by atoms with Crippen LogP contribution < -0.4 is 5.73 Å². The number of carbonyl (C=O) groups excluding carboxylic acids is 1. The molecule has 0 aromatic carbocycles. The number of rotatable bonds is 4. The molecule has 94 valence electrons. The Morgan fingerprint density at radius 1 is 1.31 bits per heavy atom. The third-order valence-corrected chi connectivity index (χ3v) is 3.50. The lowest BCUT2D eigenvalue weighted by atomic mass is 9.93. The highest BCUT2D eigenvalue weighted by Crippen LogP contribution is 2.22. The van der Waals surface area contributed by atoms with E-state index in [9.17, 15) is 4.79 Å². The van der Waals surface area contributed by atoms with Gasteiger partial charge in [0.05, 0.1) is 0 Å². The second-order valence-corrected chi connectivity index (χ2v) is 5.79. The molecule has 1 aliphatic carbocycles. The van der Waals surface area contributed by atoms with Crippen LogP contribution in [0.3, 0.4) is 0 Å². The number of hydrogen-bond acceptors (Lipinski definition) is 2. The van der Waals surface area contributed by atoms with Gasteiger partial charge in [-0.1, -0.05) is 19.3 Å². The molecule has 0 atom stereocenters. The molecule has 0 spiro atoms. The van der Waals surface area contributed by atoms with E-state index in [0.29, 0.717) is 12.5 Å². The third-order valence-electron chi connectivity index (χ3n) is 3.50. The summed E-state index contributed by atoms with van der Waals surface area (Å²) in [6, 6.07) is 0.474. The van der Waals surface area contributed by atoms with Crippen molar-refractivity contribution in [3.63, 3.8) is 0 Å². The number of hydrogen-bond donors (Lipinski definition) is 1. The maximum atomic E-state index is 12.0. The minimum absolute atomic E-state index is 0.233. The standard InChI is InChI=1S/C13H26N2O/c1-13(2,14)10-9-12(16)15(3)11-7-5-4-6-8-11/h11H,4-10,14H2,1-3H3. The van der Waals surface area contributed by atoms with Crippen molar-refractivity contribution in [1.29, 1.82) is 0 Å². The van der Waals surface area contributed by atoms with Gasteiger partial charge in [0, 0.05) is 25.0 Å². The second-order valence-electron chi connectivity index (χ2n) is 5.79. The molecule has 1 saturated carbocycles. The zero-order chi connectivity index (χ0) is 12.2. The largest absolute Gasteiger partial charge is 0.343 e. The summed E-state index contributed by atoms with van der Waals surface area (Å²) in [5, 5.41) is 0. The summed E-state index contributed by atoms with van der Waals surface area (Å²) in [4.78, 5) is 13.9. The van der Waals surface area contributed by atoms with Crippen LogP contribution in [0.1, 0.15) is 58.8 Å². The lowest BCUT2D eigenvalue weighted by Gasteiger charge is -2.32. The monoisotopic (exact) mass is 226 g/mol. The van der Waals surface area contributed by atoms with Crippen LogP contribution in [-0.2, 0) is 4.79 Å². The van der Waals surface area contributed by atoms with Crippen LogP contribution in [0.25, 0.3) is 0 Å². The van der Waals surface area contributed by atoms with Crippen LogP contribution in [0, 0.1) is 0 Å². The fraction of sp³-hybridized carbons (Fsp3) is 0.923. The Kier molecular flexibility index (Phi) is 4.78.